The van der Waals surface area contributed by atoms with Gasteiger partial charge in [0.2, 0.25) is 0 Å². The van der Waals surface area contributed by atoms with E-state index in [1.165, 1.54) is 23.1 Å². The van der Waals surface area contributed by atoms with Crippen LogP contribution in [-0.4, -0.2) is 21.9 Å². The molecule has 2 fully saturated rings. The molecule has 2 aliphatic rings. The minimum atomic E-state index is -4.87. The molecule has 1 aromatic heterocycles. The summed E-state index contributed by atoms with van der Waals surface area (Å²) >= 11 is 4.37. The minimum Gasteiger partial charge on any atom is -0.325 e. The molecule has 1 atom stereocenters. The maximum absolute atomic E-state index is 14.5. The van der Waals surface area contributed by atoms with Gasteiger partial charge in [0, 0.05) is 0 Å². The van der Waals surface area contributed by atoms with Gasteiger partial charge in [-0.25, -0.2) is 13.8 Å². The van der Waals surface area contributed by atoms with Crippen molar-refractivity contribution in [2.75, 3.05) is 9.80 Å². The number of hydrogen-bond donors (Lipinski definition) is 1. The van der Waals surface area contributed by atoms with E-state index in [4.69, 9.17) is 5.26 Å². The number of anilines is 2. The van der Waals surface area contributed by atoms with Crippen LogP contribution >= 0.6 is 12.6 Å². The molecule has 1 saturated carbocycles. The van der Waals surface area contributed by atoms with Crippen molar-refractivity contribution in [3.63, 3.8) is 0 Å². The van der Waals surface area contributed by atoms with E-state index in [2.05, 4.69) is 17.6 Å². The van der Waals surface area contributed by atoms with Gasteiger partial charge in [-0.3, -0.25) is 9.69 Å². The van der Waals surface area contributed by atoms with Gasteiger partial charge in [0.15, 0.2) is 22.8 Å². The van der Waals surface area contributed by atoms with Crippen LogP contribution in [0.15, 0.2) is 30.5 Å². The van der Waals surface area contributed by atoms with Crippen LogP contribution in [0.2, 0.25) is 0 Å². The summed E-state index contributed by atoms with van der Waals surface area (Å²) in [6, 6.07) is 5.51. The van der Waals surface area contributed by atoms with Crippen molar-refractivity contribution in [1.29, 1.82) is 5.26 Å². The molecule has 1 spiro atoms. The Morgan fingerprint density at radius 1 is 1.27 bits per heavy atom. The topological polar surface area (TPSA) is 60.2 Å². The van der Waals surface area contributed by atoms with E-state index in [9.17, 15) is 26.7 Å². The van der Waals surface area contributed by atoms with Crippen molar-refractivity contribution >= 4 is 29.9 Å². The average molecular weight is 440 g/mol. The van der Waals surface area contributed by atoms with Gasteiger partial charge >= 0.3 is 6.18 Å². The summed E-state index contributed by atoms with van der Waals surface area (Å²) in [4.78, 5) is 19.1. The molecule has 5 nitrogen and oxygen atoms in total. The summed E-state index contributed by atoms with van der Waals surface area (Å²) < 4.78 is 68.4. The lowest BCUT2D eigenvalue weighted by Crippen LogP contribution is -2.55. The van der Waals surface area contributed by atoms with Gasteiger partial charge in [0.25, 0.3) is 5.91 Å². The first-order valence-electron chi connectivity index (χ1n) is 8.84. The Kier molecular flexibility index (Phi) is 4.65. The Balaban J connectivity index is 1.85. The van der Waals surface area contributed by atoms with Crippen LogP contribution in [0.4, 0.5) is 33.3 Å². The summed E-state index contributed by atoms with van der Waals surface area (Å²) in [5.41, 5.74) is -5.02. The molecule has 1 aromatic carbocycles. The van der Waals surface area contributed by atoms with Crippen molar-refractivity contribution < 1.29 is 26.7 Å². The molecule has 30 heavy (non-hydrogen) atoms. The SMILES string of the molecule is N#Cc1ncc(N2C(=O)C3(CCC3)N(c3cccc(F)c3F)C2S)cc1C(F)(F)F. The minimum absolute atomic E-state index is 0.205. The fourth-order valence-electron chi connectivity index (χ4n) is 3.91. The molecular weight excluding hydrogens is 427 g/mol. The van der Waals surface area contributed by atoms with Gasteiger partial charge in [-0.1, -0.05) is 6.07 Å². The number of pyridine rings is 1. The number of nitrogens with zero attached hydrogens (tertiary/aromatic N) is 4. The van der Waals surface area contributed by atoms with E-state index < -0.39 is 46.0 Å². The number of amides is 1. The Labute approximate surface area is 173 Å². The molecule has 0 radical (unpaired) electrons. The van der Waals surface area contributed by atoms with Gasteiger partial charge < -0.3 is 4.90 Å². The van der Waals surface area contributed by atoms with Gasteiger partial charge in [-0.15, -0.1) is 12.6 Å². The molecule has 1 saturated heterocycles. The molecule has 4 rings (SSSR count). The van der Waals surface area contributed by atoms with Crippen LogP contribution in [0.25, 0.3) is 0 Å². The zero-order valence-electron chi connectivity index (χ0n) is 15.1. The number of benzene rings is 1. The molecule has 1 amide bonds. The van der Waals surface area contributed by atoms with Crippen LogP contribution in [0, 0.1) is 23.0 Å². The van der Waals surface area contributed by atoms with Crippen molar-refractivity contribution in [3.8, 4) is 6.07 Å². The second-order valence-electron chi connectivity index (χ2n) is 7.05. The third-order valence-corrected chi connectivity index (χ3v) is 5.94. The van der Waals surface area contributed by atoms with E-state index in [0.717, 1.165) is 17.2 Å². The second-order valence-corrected chi connectivity index (χ2v) is 7.51. The monoisotopic (exact) mass is 440 g/mol. The Hall–Kier alpha value is -2.87. The highest BCUT2D eigenvalue weighted by atomic mass is 32.1. The number of hydrogen-bond acceptors (Lipinski definition) is 5. The fourth-order valence-corrected chi connectivity index (χ4v) is 4.49. The number of alkyl halides is 3. The summed E-state index contributed by atoms with van der Waals surface area (Å²) in [5.74, 6) is -2.88. The normalized spacial score (nSPS) is 20.4. The summed E-state index contributed by atoms with van der Waals surface area (Å²) in [5, 5.41) is 8.93. The van der Waals surface area contributed by atoms with Crippen LogP contribution in [0.1, 0.15) is 30.5 Å². The van der Waals surface area contributed by atoms with Crippen molar-refractivity contribution in [2.24, 2.45) is 0 Å². The number of carbonyl (C=O) groups is 1. The summed E-state index contributed by atoms with van der Waals surface area (Å²) in [6.45, 7) is 0. The maximum atomic E-state index is 14.5. The summed E-state index contributed by atoms with van der Waals surface area (Å²) in [7, 11) is 0. The van der Waals surface area contributed by atoms with E-state index >= 15 is 0 Å². The number of halogens is 5. The highest BCUT2D eigenvalue weighted by molar-refractivity contribution is 7.81. The van der Waals surface area contributed by atoms with Crippen LogP contribution in [0.3, 0.4) is 0 Å². The molecule has 0 N–H and O–H groups in total. The first-order valence-corrected chi connectivity index (χ1v) is 9.36. The first-order chi connectivity index (χ1) is 14.1. The second kappa shape index (κ2) is 6.84. The van der Waals surface area contributed by atoms with Gasteiger partial charge in [-0.2, -0.15) is 18.4 Å². The van der Waals surface area contributed by atoms with E-state index in [-0.39, 0.29) is 11.4 Å². The average Bonchev–Trinajstić information content (AvgIpc) is 2.90. The fraction of sp³-hybridized carbons (Fsp3) is 0.316. The Morgan fingerprint density at radius 2 is 1.97 bits per heavy atom. The highest BCUT2D eigenvalue weighted by Crippen LogP contribution is 2.51. The molecule has 11 heteroatoms. The van der Waals surface area contributed by atoms with E-state index in [1.807, 2.05) is 0 Å². The molecule has 2 aromatic rings. The number of thiol groups is 1. The number of nitriles is 1. The predicted molar refractivity (Wildman–Crippen MR) is 99.6 cm³/mol. The molecule has 1 unspecified atom stereocenters. The predicted octanol–water partition coefficient (Wildman–Crippen LogP) is 4.24. The lowest BCUT2D eigenvalue weighted by molar-refractivity contribution is -0.138. The van der Waals surface area contributed by atoms with Crippen LogP contribution in [0.5, 0.6) is 0 Å². The van der Waals surface area contributed by atoms with Gasteiger partial charge in [0.05, 0.1) is 23.1 Å². The van der Waals surface area contributed by atoms with E-state index in [0.29, 0.717) is 25.3 Å². The molecule has 0 bridgehead atoms. The largest absolute Gasteiger partial charge is 0.419 e. The quantitative estimate of drug-likeness (QED) is 0.561. The number of carbonyl (C=O) groups excluding carboxylic acids is 1. The summed E-state index contributed by atoms with van der Waals surface area (Å²) in [6.07, 6.45) is -2.65. The molecule has 156 valence electrons. The number of rotatable bonds is 2. The zero-order valence-corrected chi connectivity index (χ0v) is 16.0. The van der Waals surface area contributed by atoms with Crippen molar-refractivity contribution in [1.82, 2.24) is 4.98 Å². The lowest BCUT2D eigenvalue weighted by atomic mass is 9.75. The molecule has 2 heterocycles. The molecular formula is C19H13F5N4OS. The highest BCUT2D eigenvalue weighted by Gasteiger charge is 2.61. The third-order valence-electron chi connectivity index (χ3n) is 5.47. The zero-order chi connectivity index (χ0) is 21.8. The van der Waals surface area contributed by atoms with Crippen molar-refractivity contribution in [3.05, 3.63) is 53.4 Å². The van der Waals surface area contributed by atoms with Gasteiger partial charge in [-0.05, 0) is 37.5 Å². The van der Waals surface area contributed by atoms with E-state index in [1.54, 1.807) is 0 Å². The smallest absolute Gasteiger partial charge is 0.325 e. The number of aromatic nitrogens is 1. The third kappa shape index (κ3) is 2.81. The lowest BCUT2D eigenvalue weighted by Gasteiger charge is -2.44. The van der Waals surface area contributed by atoms with Crippen LogP contribution in [-0.2, 0) is 11.0 Å². The van der Waals surface area contributed by atoms with Crippen molar-refractivity contribution in [2.45, 2.75) is 36.5 Å². The Morgan fingerprint density at radius 3 is 2.53 bits per heavy atom. The maximum Gasteiger partial charge on any atom is 0.419 e. The first kappa shape index (κ1) is 20.4. The molecule has 1 aliphatic heterocycles. The van der Waals surface area contributed by atoms with Crippen LogP contribution < -0.4 is 9.80 Å². The Bertz CT molecular complexity index is 1080. The van der Waals surface area contributed by atoms with Gasteiger partial charge in [0.1, 0.15) is 11.6 Å². The standard InChI is InChI=1S/C19H13F5N4OS/c20-12-3-1-4-14(15(12)21)28-17(30)27(16(29)18(28)5-2-6-18)10-7-11(19(22,23)24)13(8-25)26-9-10/h1,3-4,7,9,17,30H,2,5-6H2. The molecule has 1 aliphatic carbocycles.